The molecule has 0 atom stereocenters. The molecule has 0 aliphatic heterocycles. The van der Waals surface area contributed by atoms with Crippen molar-refractivity contribution in [2.45, 2.75) is 4.90 Å². The maximum Gasteiger partial charge on any atom is 0.264 e. The highest BCUT2D eigenvalue weighted by Gasteiger charge is 2.18. The zero-order chi connectivity index (χ0) is 21.0. The Morgan fingerprint density at radius 1 is 0.931 bits per heavy atom. The quantitative estimate of drug-likeness (QED) is 0.323. The van der Waals surface area contributed by atoms with E-state index >= 15 is 0 Å². The fourth-order valence-electron chi connectivity index (χ4n) is 2.49. The molecule has 0 aliphatic rings. The van der Waals surface area contributed by atoms with Crippen LogP contribution >= 0.6 is 0 Å². The van der Waals surface area contributed by atoms with Crippen molar-refractivity contribution < 1.29 is 27.8 Å². The summed E-state index contributed by atoms with van der Waals surface area (Å²) in [4.78, 5) is 11.8. The van der Waals surface area contributed by atoms with E-state index in [0.29, 0.717) is 11.1 Å². The van der Waals surface area contributed by atoms with E-state index < -0.39 is 20.7 Å². The van der Waals surface area contributed by atoms with Gasteiger partial charge in [-0.25, -0.2) is 12.8 Å². The lowest BCUT2D eigenvalue weighted by molar-refractivity contribution is 0.104. The molecule has 0 bridgehead atoms. The normalized spacial score (nSPS) is 11.5. The highest BCUT2D eigenvalue weighted by molar-refractivity contribution is 7.92. The van der Waals surface area contributed by atoms with Gasteiger partial charge in [0.15, 0.2) is 17.3 Å². The Morgan fingerprint density at radius 2 is 1.62 bits per heavy atom. The van der Waals surface area contributed by atoms with Crippen molar-refractivity contribution in [1.82, 2.24) is 0 Å². The lowest BCUT2D eigenvalue weighted by atomic mass is 10.1. The molecule has 6 nitrogen and oxygen atoms in total. The number of benzene rings is 3. The van der Waals surface area contributed by atoms with Gasteiger partial charge in [-0.1, -0.05) is 24.3 Å². The van der Waals surface area contributed by atoms with Crippen molar-refractivity contribution in [3.63, 3.8) is 0 Å². The molecule has 0 unspecified atom stereocenters. The Labute approximate surface area is 166 Å². The number of sulfonamides is 1. The zero-order valence-electron chi connectivity index (χ0n) is 14.9. The van der Waals surface area contributed by atoms with Crippen LogP contribution in [0.5, 0.6) is 11.5 Å². The summed E-state index contributed by atoms with van der Waals surface area (Å²) in [5, 5.41) is 18.7. The molecule has 0 saturated carbocycles. The van der Waals surface area contributed by atoms with Gasteiger partial charge < -0.3 is 10.2 Å². The molecule has 148 valence electrons. The Kier molecular flexibility index (Phi) is 5.65. The van der Waals surface area contributed by atoms with E-state index in [-0.39, 0.29) is 23.0 Å². The van der Waals surface area contributed by atoms with Crippen LogP contribution in [0.2, 0.25) is 0 Å². The smallest absolute Gasteiger partial charge is 0.264 e. The lowest BCUT2D eigenvalue weighted by Crippen LogP contribution is -2.14. The molecular weight excluding hydrogens is 397 g/mol. The average Bonchev–Trinajstić information content (AvgIpc) is 2.69. The van der Waals surface area contributed by atoms with Gasteiger partial charge in [0.05, 0.1) is 0 Å². The number of anilines is 1. The average molecular weight is 413 g/mol. The first-order valence-electron chi connectivity index (χ1n) is 8.38. The molecule has 8 heteroatoms. The van der Waals surface area contributed by atoms with E-state index in [4.69, 9.17) is 0 Å². The molecular formula is C21H16FNO5S. The molecule has 3 aromatic rings. The van der Waals surface area contributed by atoms with Gasteiger partial charge in [-0.3, -0.25) is 9.52 Å². The molecule has 0 aliphatic carbocycles. The summed E-state index contributed by atoms with van der Waals surface area (Å²) >= 11 is 0. The predicted molar refractivity (Wildman–Crippen MR) is 107 cm³/mol. The maximum atomic E-state index is 13.7. The molecule has 0 heterocycles. The van der Waals surface area contributed by atoms with Crippen LogP contribution in [-0.4, -0.2) is 24.4 Å². The third-order valence-corrected chi connectivity index (χ3v) is 5.39. The van der Waals surface area contributed by atoms with Crippen LogP contribution in [0.3, 0.4) is 0 Å². The first-order valence-corrected chi connectivity index (χ1v) is 9.86. The number of aromatic hydroxyl groups is 2. The van der Waals surface area contributed by atoms with Crippen LogP contribution in [-0.2, 0) is 10.0 Å². The summed E-state index contributed by atoms with van der Waals surface area (Å²) < 4.78 is 40.6. The molecule has 0 amide bonds. The summed E-state index contributed by atoms with van der Waals surface area (Å²) in [5.74, 6) is -1.77. The number of hydrogen-bond acceptors (Lipinski definition) is 5. The SMILES string of the molecule is O=C(/C=C/c1ccc(O)c(O)c1)c1ccc(NS(=O)(=O)c2ccccc2F)cc1. The van der Waals surface area contributed by atoms with Gasteiger partial charge >= 0.3 is 0 Å². The van der Waals surface area contributed by atoms with Crippen LogP contribution in [0.1, 0.15) is 15.9 Å². The van der Waals surface area contributed by atoms with Gasteiger partial charge in [-0.2, -0.15) is 0 Å². The minimum Gasteiger partial charge on any atom is -0.504 e. The molecule has 0 aromatic heterocycles. The molecule has 0 radical (unpaired) electrons. The number of carbonyl (C=O) groups is 1. The van der Waals surface area contributed by atoms with E-state index in [0.717, 1.165) is 12.1 Å². The molecule has 0 fully saturated rings. The maximum absolute atomic E-state index is 13.7. The van der Waals surface area contributed by atoms with Crippen LogP contribution in [0.25, 0.3) is 6.08 Å². The van der Waals surface area contributed by atoms with E-state index in [2.05, 4.69) is 4.72 Å². The third-order valence-electron chi connectivity index (χ3n) is 3.97. The summed E-state index contributed by atoms with van der Waals surface area (Å²) in [6, 6.07) is 14.8. The van der Waals surface area contributed by atoms with Crippen LogP contribution in [0, 0.1) is 5.82 Å². The van der Waals surface area contributed by atoms with Gasteiger partial charge in [-0.15, -0.1) is 0 Å². The number of phenolic OH excluding ortho intramolecular Hbond substituents is 2. The van der Waals surface area contributed by atoms with Gasteiger partial charge in [0.25, 0.3) is 10.0 Å². The Bertz CT molecular complexity index is 1190. The number of carbonyl (C=O) groups excluding carboxylic acids is 1. The largest absolute Gasteiger partial charge is 0.504 e. The van der Waals surface area contributed by atoms with Crippen LogP contribution in [0.4, 0.5) is 10.1 Å². The lowest BCUT2D eigenvalue weighted by Gasteiger charge is -2.09. The monoisotopic (exact) mass is 413 g/mol. The fourth-order valence-corrected chi connectivity index (χ4v) is 3.63. The van der Waals surface area contributed by atoms with Gasteiger partial charge in [0.1, 0.15) is 10.7 Å². The van der Waals surface area contributed by atoms with Crippen molar-refractivity contribution in [1.29, 1.82) is 0 Å². The zero-order valence-corrected chi connectivity index (χ0v) is 15.7. The van der Waals surface area contributed by atoms with Crippen LogP contribution in [0.15, 0.2) is 77.7 Å². The van der Waals surface area contributed by atoms with Crippen molar-refractivity contribution in [2.75, 3.05) is 4.72 Å². The number of phenols is 2. The number of hydrogen-bond donors (Lipinski definition) is 3. The van der Waals surface area contributed by atoms with Crippen LogP contribution < -0.4 is 4.72 Å². The number of nitrogens with one attached hydrogen (secondary N) is 1. The van der Waals surface area contributed by atoms with Gasteiger partial charge in [-0.05, 0) is 60.2 Å². The topological polar surface area (TPSA) is 104 Å². The summed E-state index contributed by atoms with van der Waals surface area (Å²) in [5.41, 5.74) is 0.998. The molecule has 3 N–H and O–H groups in total. The van der Waals surface area contributed by atoms with Crippen molar-refractivity contribution in [3.8, 4) is 11.5 Å². The van der Waals surface area contributed by atoms with Gasteiger partial charge in [0.2, 0.25) is 0 Å². The summed E-state index contributed by atoms with van der Waals surface area (Å²) in [6.45, 7) is 0. The van der Waals surface area contributed by atoms with E-state index in [1.54, 1.807) is 0 Å². The minimum absolute atomic E-state index is 0.178. The summed E-state index contributed by atoms with van der Waals surface area (Å²) in [6.07, 6.45) is 2.75. The third kappa shape index (κ3) is 4.80. The van der Waals surface area contributed by atoms with E-state index in [9.17, 15) is 27.8 Å². The molecule has 29 heavy (non-hydrogen) atoms. The number of rotatable bonds is 6. The number of halogens is 1. The Hall–Kier alpha value is -3.65. The first kappa shape index (κ1) is 20.1. The highest BCUT2D eigenvalue weighted by atomic mass is 32.2. The first-order chi connectivity index (χ1) is 13.8. The second kappa shape index (κ2) is 8.15. The number of allylic oxidation sites excluding steroid dienone is 1. The number of ketones is 1. The predicted octanol–water partition coefficient (Wildman–Crippen LogP) is 3.93. The van der Waals surface area contributed by atoms with Crippen molar-refractivity contribution in [2.24, 2.45) is 0 Å². The van der Waals surface area contributed by atoms with E-state index in [1.165, 1.54) is 66.7 Å². The second-order valence-electron chi connectivity index (χ2n) is 6.06. The molecule has 3 aromatic carbocycles. The Morgan fingerprint density at radius 3 is 2.28 bits per heavy atom. The van der Waals surface area contributed by atoms with Gasteiger partial charge in [0, 0.05) is 11.3 Å². The standard InChI is InChI=1S/C21H16FNO5S/c22-17-3-1-2-4-21(17)29(27,28)23-16-9-7-15(8-10-16)18(24)11-5-14-6-12-19(25)20(26)13-14/h1-13,23,25-26H/b11-5+. The summed E-state index contributed by atoms with van der Waals surface area (Å²) in [7, 11) is -4.10. The van der Waals surface area contributed by atoms with Crippen molar-refractivity contribution in [3.05, 3.63) is 89.8 Å². The highest BCUT2D eigenvalue weighted by Crippen LogP contribution is 2.25. The Balaban J connectivity index is 1.72. The second-order valence-corrected chi connectivity index (χ2v) is 7.71. The molecule has 0 saturated heterocycles. The van der Waals surface area contributed by atoms with Crippen molar-refractivity contribution >= 4 is 27.6 Å². The van der Waals surface area contributed by atoms with E-state index in [1.807, 2.05) is 0 Å². The molecule has 3 rings (SSSR count). The minimum atomic E-state index is -4.10. The molecule has 0 spiro atoms. The fraction of sp³-hybridized carbons (Fsp3) is 0.